The summed E-state index contributed by atoms with van der Waals surface area (Å²) < 4.78 is 7.22. The number of rotatable bonds is 11. The molecular weight excluding hydrogens is 478 g/mol. The lowest BCUT2D eigenvalue weighted by Gasteiger charge is -2.47. The molecule has 1 amide bonds. The van der Waals surface area contributed by atoms with Gasteiger partial charge in [0.15, 0.2) is 0 Å². The maximum Gasteiger partial charge on any atom is 0.307 e. The molecule has 1 unspecified atom stereocenters. The van der Waals surface area contributed by atoms with E-state index >= 15 is 0 Å². The summed E-state index contributed by atoms with van der Waals surface area (Å²) in [5.74, 6) is -2.23. The van der Waals surface area contributed by atoms with Crippen molar-refractivity contribution in [2.75, 3.05) is 13.6 Å². The molecule has 3 rings (SSSR count). The van der Waals surface area contributed by atoms with Gasteiger partial charge in [-0.3, -0.25) is 9.59 Å². The molecule has 1 N–H and O–H groups in total. The van der Waals surface area contributed by atoms with Crippen LogP contribution in [0.3, 0.4) is 0 Å². The lowest BCUT2D eigenvalue weighted by molar-refractivity contribution is -0.153. The Bertz CT molecular complexity index is 995. The van der Waals surface area contributed by atoms with E-state index in [9.17, 15) is 14.7 Å². The molecule has 37 heavy (non-hydrogen) atoms. The van der Waals surface area contributed by atoms with Gasteiger partial charge in [0, 0.05) is 19.7 Å². The number of allylic oxidation sites excluding steroid dienone is 1. The van der Waals surface area contributed by atoms with Gasteiger partial charge in [-0.25, -0.2) is 0 Å². The molecule has 0 aliphatic heterocycles. The summed E-state index contributed by atoms with van der Waals surface area (Å²) in [6, 6.07) is 20.8. The van der Waals surface area contributed by atoms with Crippen LogP contribution in [0.25, 0.3) is 0 Å². The summed E-state index contributed by atoms with van der Waals surface area (Å²) in [5, 5.41) is 12.3. The average molecular weight is 522 g/mol. The highest BCUT2D eigenvalue weighted by Crippen LogP contribution is 2.41. The number of carbonyl (C=O) groups excluding carboxylic acids is 1. The Morgan fingerprint density at radius 3 is 2.05 bits per heavy atom. The quantitative estimate of drug-likeness (QED) is 0.249. The Labute approximate surface area is 223 Å². The number of carboxylic acid groups (broad SMARTS) is 1. The number of benzene rings is 2. The summed E-state index contributed by atoms with van der Waals surface area (Å²) >= 11 is 0. The highest BCUT2D eigenvalue weighted by Gasteiger charge is 2.53. The Hall–Kier alpha value is -2.70. The van der Waals surface area contributed by atoms with E-state index in [4.69, 9.17) is 4.43 Å². The van der Waals surface area contributed by atoms with Gasteiger partial charge < -0.3 is 14.4 Å². The van der Waals surface area contributed by atoms with E-state index in [1.54, 1.807) is 11.9 Å². The summed E-state index contributed by atoms with van der Waals surface area (Å²) in [5.41, 5.74) is 0. The molecule has 0 saturated heterocycles. The van der Waals surface area contributed by atoms with Gasteiger partial charge in [0.25, 0.3) is 8.32 Å². The van der Waals surface area contributed by atoms with Crippen molar-refractivity contribution in [3.8, 4) is 0 Å². The maximum absolute atomic E-state index is 13.3. The molecule has 0 heterocycles. The van der Waals surface area contributed by atoms with Crippen LogP contribution in [0.4, 0.5) is 0 Å². The van der Waals surface area contributed by atoms with E-state index in [2.05, 4.69) is 75.9 Å². The first-order chi connectivity index (χ1) is 17.6. The Morgan fingerprint density at radius 1 is 1.00 bits per heavy atom. The number of carbonyl (C=O) groups is 2. The van der Waals surface area contributed by atoms with Crippen molar-refractivity contribution in [3.63, 3.8) is 0 Å². The number of carboxylic acids is 1. The lowest BCUT2D eigenvalue weighted by Crippen LogP contribution is -2.68. The van der Waals surface area contributed by atoms with Crippen LogP contribution < -0.4 is 10.4 Å². The van der Waals surface area contributed by atoms with E-state index in [0.717, 1.165) is 19.3 Å². The molecule has 1 fully saturated rings. The molecule has 200 valence electrons. The second kappa shape index (κ2) is 12.7. The monoisotopic (exact) mass is 521 g/mol. The van der Waals surface area contributed by atoms with E-state index < -0.39 is 26.1 Å². The third-order valence-electron chi connectivity index (χ3n) is 7.72. The molecule has 0 radical (unpaired) electrons. The minimum absolute atomic E-state index is 0.0603. The molecule has 2 aromatic carbocycles. The van der Waals surface area contributed by atoms with E-state index in [1.165, 1.54) is 10.4 Å². The standard InChI is InChI=1S/C31H43NO4Si/c1-6-7-8-15-22-32(5)29(33)27-21-20-24(23-28(27)30(34)35)36-37(31(2,3)4,25-16-11-9-12-17-25)26-18-13-10-14-19-26/h6,9-14,16-19,24,27-28H,1,7-8,15,20-23H2,2-5H3,(H,34,35)/t24?,27-,28-/m1/s1. The topological polar surface area (TPSA) is 66.8 Å². The second-order valence-corrected chi connectivity index (χ2v) is 15.6. The fraction of sp³-hybridized carbons (Fsp3) is 0.484. The van der Waals surface area contributed by atoms with Gasteiger partial charge in [0.2, 0.25) is 5.91 Å². The number of hydrogen-bond acceptors (Lipinski definition) is 3. The van der Waals surface area contributed by atoms with Crippen LogP contribution in [0, 0.1) is 11.8 Å². The minimum Gasteiger partial charge on any atom is -0.481 e. The fourth-order valence-corrected chi connectivity index (χ4v) is 10.5. The van der Waals surface area contributed by atoms with Gasteiger partial charge >= 0.3 is 5.97 Å². The highest BCUT2D eigenvalue weighted by molar-refractivity contribution is 6.99. The number of nitrogens with zero attached hydrogens (tertiary/aromatic N) is 1. The first kappa shape index (κ1) is 28.9. The molecule has 0 bridgehead atoms. The van der Waals surface area contributed by atoms with Crippen molar-refractivity contribution < 1.29 is 19.1 Å². The summed E-state index contributed by atoms with van der Waals surface area (Å²) in [6.45, 7) is 11.1. The van der Waals surface area contributed by atoms with Crippen LogP contribution in [0.1, 0.15) is 59.3 Å². The van der Waals surface area contributed by atoms with Crippen LogP contribution in [-0.2, 0) is 14.0 Å². The van der Waals surface area contributed by atoms with Crippen molar-refractivity contribution in [2.45, 2.75) is 70.4 Å². The minimum atomic E-state index is -2.79. The zero-order valence-electron chi connectivity index (χ0n) is 22.9. The van der Waals surface area contributed by atoms with E-state index in [-0.39, 0.29) is 17.0 Å². The van der Waals surface area contributed by atoms with Gasteiger partial charge in [0.1, 0.15) is 0 Å². The van der Waals surface area contributed by atoms with Crippen molar-refractivity contribution in [3.05, 3.63) is 73.3 Å². The van der Waals surface area contributed by atoms with E-state index in [1.807, 2.05) is 18.2 Å². The highest BCUT2D eigenvalue weighted by atomic mass is 28.4. The molecule has 0 spiro atoms. The van der Waals surface area contributed by atoms with Crippen molar-refractivity contribution in [2.24, 2.45) is 11.8 Å². The molecule has 2 aromatic rings. The maximum atomic E-state index is 13.3. The summed E-state index contributed by atoms with van der Waals surface area (Å²) in [4.78, 5) is 27.4. The summed E-state index contributed by atoms with van der Waals surface area (Å²) in [7, 11) is -1.00. The van der Waals surface area contributed by atoms with Crippen molar-refractivity contribution >= 4 is 30.6 Å². The molecule has 1 saturated carbocycles. The van der Waals surface area contributed by atoms with Gasteiger partial charge in [-0.05, 0) is 53.9 Å². The summed E-state index contributed by atoms with van der Waals surface area (Å²) in [6.07, 6.45) is 5.99. The van der Waals surface area contributed by atoms with Gasteiger partial charge in [-0.2, -0.15) is 0 Å². The molecule has 6 heteroatoms. The molecule has 3 atom stereocenters. The van der Waals surface area contributed by atoms with Crippen LogP contribution in [-0.4, -0.2) is 49.9 Å². The molecule has 1 aliphatic rings. The van der Waals surface area contributed by atoms with Crippen LogP contribution in [0.15, 0.2) is 73.3 Å². The number of amides is 1. The molecule has 1 aliphatic carbocycles. The van der Waals surface area contributed by atoms with Crippen LogP contribution in [0.5, 0.6) is 0 Å². The molecule has 5 nitrogen and oxygen atoms in total. The first-order valence-corrected chi connectivity index (χ1v) is 15.4. The Morgan fingerprint density at radius 2 is 1.57 bits per heavy atom. The molecule has 0 aromatic heterocycles. The third kappa shape index (κ3) is 6.60. The van der Waals surface area contributed by atoms with Gasteiger partial charge in [-0.15, -0.1) is 6.58 Å². The average Bonchev–Trinajstić information content (AvgIpc) is 2.89. The number of hydrogen-bond donors (Lipinski definition) is 1. The second-order valence-electron chi connectivity index (χ2n) is 11.3. The number of aliphatic carboxylic acids is 1. The zero-order chi connectivity index (χ0) is 27.1. The van der Waals surface area contributed by atoms with Crippen LogP contribution >= 0.6 is 0 Å². The fourth-order valence-electron chi connectivity index (χ4n) is 5.78. The lowest BCUT2D eigenvalue weighted by atomic mass is 9.77. The van der Waals surface area contributed by atoms with Crippen LogP contribution in [0.2, 0.25) is 5.04 Å². The predicted molar refractivity (Wildman–Crippen MR) is 153 cm³/mol. The Balaban J connectivity index is 1.88. The van der Waals surface area contributed by atoms with Gasteiger partial charge in [0.05, 0.1) is 11.8 Å². The smallest absolute Gasteiger partial charge is 0.307 e. The third-order valence-corrected chi connectivity index (χ3v) is 12.8. The predicted octanol–water partition coefficient (Wildman–Crippen LogP) is 5.25. The van der Waals surface area contributed by atoms with Crippen molar-refractivity contribution in [1.29, 1.82) is 0 Å². The normalized spacial score (nSPS) is 20.3. The zero-order valence-corrected chi connectivity index (χ0v) is 23.9. The van der Waals surface area contributed by atoms with Gasteiger partial charge in [-0.1, -0.05) is 87.5 Å². The molecular formula is C31H43NO4Si. The van der Waals surface area contributed by atoms with E-state index in [0.29, 0.717) is 25.8 Å². The van der Waals surface area contributed by atoms with Crippen molar-refractivity contribution in [1.82, 2.24) is 4.90 Å². The first-order valence-electron chi connectivity index (χ1n) is 13.5. The largest absolute Gasteiger partial charge is 0.481 e. The Kier molecular flexibility index (Phi) is 9.91. The number of unbranched alkanes of at least 4 members (excludes halogenated alkanes) is 2. The SMILES string of the molecule is C=CCCCCN(C)C(=O)[C@@H]1CCC(O[Si](c2ccccc2)(c2ccccc2)C(C)(C)C)C[C@H]1C(=O)O.